The molecule has 0 heterocycles. The smallest absolute Gasteiger partial charge is 0.119 e. The van der Waals surface area contributed by atoms with E-state index in [1.807, 2.05) is 19.1 Å². The predicted octanol–water partition coefficient (Wildman–Crippen LogP) is 2.32. The van der Waals surface area contributed by atoms with Gasteiger partial charge in [0.05, 0.1) is 12.7 Å². The van der Waals surface area contributed by atoms with E-state index in [9.17, 15) is 5.11 Å². The maximum absolute atomic E-state index is 10.2. The topological polar surface area (TPSA) is 50.7 Å². The summed E-state index contributed by atoms with van der Waals surface area (Å²) in [5, 5.41) is 13.7. The summed E-state index contributed by atoms with van der Waals surface area (Å²) in [6.45, 7) is 3.06. The summed E-state index contributed by atoms with van der Waals surface area (Å²) < 4.78 is 10.3. The lowest BCUT2D eigenvalue weighted by atomic mass is 9.75. The van der Waals surface area contributed by atoms with E-state index in [-0.39, 0.29) is 0 Å². The van der Waals surface area contributed by atoms with Gasteiger partial charge in [0.15, 0.2) is 0 Å². The van der Waals surface area contributed by atoms with Crippen molar-refractivity contribution in [1.29, 1.82) is 0 Å². The van der Waals surface area contributed by atoms with Gasteiger partial charge in [-0.25, -0.2) is 0 Å². The van der Waals surface area contributed by atoms with Crippen LogP contribution in [0.5, 0.6) is 5.75 Å². The SMILES string of the molecule is COCCC(C)(O)CNC1CC(c2cccc(OC)c2)C1. The quantitative estimate of drug-likeness (QED) is 0.772. The normalized spacial score (nSPS) is 24.2. The molecular weight excluding hydrogens is 266 g/mol. The fourth-order valence-corrected chi connectivity index (χ4v) is 2.73. The third-order valence-corrected chi connectivity index (χ3v) is 4.32. The van der Waals surface area contributed by atoms with Crippen LogP contribution in [0.3, 0.4) is 0 Å². The molecule has 4 nitrogen and oxygen atoms in total. The van der Waals surface area contributed by atoms with Crippen molar-refractivity contribution < 1.29 is 14.6 Å². The Hall–Kier alpha value is -1.10. The van der Waals surface area contributed by atoms with E-state index >= 15 is 0 Å². The molecule has 1 saturated carbocycles. The van der Waals surface area contributed by atoms with Crippen molar-refractivity contribution in [2.75, 3.05) is 27.4 Å². The van der Waals surface area contributed by atoms with Crippen LogP contribution in [-0.2, 0) is 4.74 Å². The van der Waals surface area contributed by atoms with Crippen LogP contribution in [0, 0.1) is 0 Å². The Bertz CT molecular complexity index is 441. The maximum Gasteiger partial charge on any atom is 0.119 e. The number of aliphatic hydroxyl groups is 1. The van der Waals surface area contributed by atoms with Crippen molar-refractivity contribution in [3.05, 3.63) is 29.8 Å². The first kappa shape index (κ1) is 16.3. The average Bonchev–Trinajstić information content (AvgIpc) is 2.43. The van der Waals surface area contributed by atoms with Crippen LogP contribution in [0.1, 0.15) is 37.7 Å². The molecule has 0 bridgehead atoms. The van der Waals surface area contributed by atoms with Gasteiger partial charge < -0.3 is 19.9 Å². The van der Waals surface area contributed by atoms with Crippen molar-refractivity contribution in [3.8, 4) is 5.75 Å². The molecule has 118 valence electrons. The van der Waals surface area contributed by atoms with Crippen molar-refractivity contribution >= 4 is 0 Å². The van der Waals surface area contributed by atoms with Crippen molar-refractivity contribution in [2.45, 2.75) is 43.7 Å². The van der Waals surface area contributed by atoms with Gasteiger partial charge >= 0.3 is 0 Å². The monoisotopic (exact) mass is 293 g/mol. The number of nitrogens with one attached hydrogen (secondary N) is 1. The molecule has 1 fully saturated rings. The van der Waals surface area contributed by atoms with Gasteiger partial charge in [-0.2, -0.15) is 0 Å². The molecule has 2 rings (SSSR count). The summed E-state index contributed by atoms with van der Waals surface area (Å²) in [6, 6.07) is 8.80. The first-order valence-electron chi connectivity index (χ1n) is 7.63. The molecule has 0 radical (unpaired) electrons. The molecule has 1 aliphatic carbocycles. The Kier molecular flexibility index (Phi) is 5.62. The molecule has 0 amide bonds. The highest BCUT2D eigenvalue weighted by atomic mass is 16.5. The van der Waals surface area contributed by atoms with Crippen molar-refractivity contribution in [1.82, 2.24) is 5.32 Å². The van der Waals surface area contributed by atoms with E-state index in [1.54, 1.807) is 14.2 Å². The third-order valence-electron chi connectivity index (χ3n) is 4.32. The van der Waals surface area contributed by atoms with Gasteiger partial charge in [0.2, 0.25) is 0 Å². The minimum atomic E-state index is -0.697. The first-order chi connectivity index (χ1) is 10.0. The Morgan fingerprint density at radius 2 is 2.10 bits per heavy atom. The molecule has 1 atom stereocenters. The van der Waals surface area contributed by atoms with Crippen molar-refractivity contribution in [2.24, 2.45) is 0 Å². The maximum atomic E-state index is 10.2. The molecule has 1 aromatic rings. The third kappa shape index (κ3) is 4.70. The van der Waals surface area contributed by atoms with Crippen LogP contribution < -0.4 is 10.1 Å². The second-order valence-electron chi connectivity index (χ2n) is 6.26. The minimum absolute atomic E-state index is 0.496. The van der Waals surface area contributed by atoms with Gasteiger partial charge in [-0.05, 0) is 43.4 Å². The standard InChI is InChI=1S/C17H27NO3/c1-17(19,7-8-20-2)12-18-15-9-14(10-15)13-5-4-6-16(11-13)21-3/h4-6,11,14-15,18-19H,7-10,12H2,1-3H3. The van der Waals surface area contributed by atoms with Crippen LogP contribution in [0.4, 0.5) is 0 Å². The predicted molar refractivity (Wildman–Crippen MR) is 83.9 cm³/mol. The van der Waals surface area contributed by atoms with Gasteiger partial charge in [0.25, 0.3) is 0 Å². The second-order valence-corrected chi connectivity index (χ2v) is 6.26. The Balaban J connectivity index is 1.74. The summed E-state index contributed by atoms with van der Waals surface area (Å²) in [5.74, 6) is 1.52. The number of hydrogen-bond acceptors (Lipinski definition) is 4. The van der Waals surface area contributed by atoms with E-state index in [0.717, 1.165) is 18.6 Å². The van der Waals surface area contributed by atoms with E-state index in [4.69, 9.17) is 9.47 Å². The highest BCUT2D eigenvalue weighted by molar-refractivity contribution is 5.32. The summed E-state index contributed by atoms with van der Waals surface area (Å²) in [6.07, 6.45) is 2.89. The van der Waals surface area contributed by atoms with E-state index in [1.165, 1.54) is 5.56 Å². The van der Waals surface area contributed by atoms with Gasteiger partial charge in [-0.1, -0.05) is 12.1 Å². The molecule has 1 unspecified atom stereocenters. The molecule has 21 heavy (non-hydrogen) atoms. The van der Waals surface area contributed by atoms with Crippen LogP contribution >= 0.6 is 0 Å². The zero-order chi connectivity index (χ0) is 15.3. The summed E-state index contributed by atoms with van der Waals surface area (Å²) in [5.41, 5.74) is 0.649. The lowest BCUT2D eigenvalue weighted by Crippen LogP contribution is -2.47. The lowest BCUT2D eigenvalue weighted by molar-refractivity contribution is 0.0197. The zero-order valence-corrected chi connectivity index (χ0v) is 13.3. The van der Waals surface area contributed by atoms with Crippen LogP contribution in [0.25, 0.3) is 0 Å². The average molecular weight is 293 g/mol. The molecule has 2 N–H and O–H groups in total. The molecule has 0 saturated heterocycles. The molecule has 1 aromatic carbocycles. The minimum Gasteiger partial charge on any atom is -0.497 e. The Morgan fingerprint density at radius 3 is 2.76 bits per heavy atom. The number of rotatable bonds is 8. The van der Waals surface area contributed by atoms with Gasteiger partial charge in [-0.15, -0.1) is 0 Å². The summed E-state index contributed by atoms with van der Waals surface area (Å²) in [7, 11) is 3.36. The Labute approximate surface area is 127 Å². The largest absolute Gasteiger partial charge is 0.497 e. The van der Waals surface area contributed by atoms with Crippen LogP contribution in [0.2, 0.25) is 0 Å². The lowest BCUT2D eigenvalue weighted by Gasteiger charge is -2.38. The van der Waals surface area contributed by atoms with Gasteiger partial charge in [0, 0.05) is 32.7 Å². The van der Waals surface area contributed by atoms with Gasteiger partial charge in [0.1, 0.15) is 5.75 Å². The molecule has 4 heteroatoms. The molecule has 0 aliphatic heterocycles. The molecular formula is C17H27NO3. The number of methoxy groups -OCH3 is 2. The molecule has 0 spiro atoms. The number of ether oxygens (including phenoxy) is 2. The van der Waals surface area contributed by atoms with E-state index in [0.29, 0.717) is 31.5 Å². The summed E-state index contributed by atoms with van der Waals surface area (Å²) in [4.78, 5) is 0. The highest BCUT2D eigenvalue weighted by Crippen LogP contribution is 2.38. The summed E-state index contributed by atoms with van der Waals surface area (Å²) >= 11 is 0. The fourth-order valence-electron chi connectivity index (χ4n) is 2.73. The van der Waals surface area contributed by atoms with E-state index in [2.05, 4.69) is 17.4 Å². The molecule has 0 aromatic heterocycles. The van der Waals surface area contributed by atoms with Gasteiger partial charge in [-0.3, -0.25) is 0 Å². The van der Waals surface area contributed by atoms with Crippen LogP contribution in [0.15, 0.2) is 24.3 Å². The zero-order valence-electron chi connectivity index (χ0n) is 13.3. The fraction of sp³-hybridized carbons (Fsp3) is 0.647. The second kappa shape index (κ2) is 7.25. The highest BCUT2D eigenvalue weighted by Gasteiger charge is 2.32. The van der Waals surface area contributed by atoms with E-state index < -0.39 is 5.60 Å². The molecule has 1 aliphatic rings. The van der Waals surface area contributed by atoms with Crippen molar-refractivity contribution in [3.63, 3.8) is 0 Å². The number of hydrogen-bond donors (Lipinski definition) is 2. The number of benzene rings is 1. The first-order valence-corrected chi connectivity index (χ1v) is 7.63. The Morgan fingerprint density at radius 1 is 1.33 bits per heavy atom. The van der Waals surface area contributed by atoms with Crippen LogP contribution in [-0.4, -0.2) is 44.1 Å².